The summed E-state index contributed by atoms with van der Waals surface area (Å²) in [6.07, 6.45) is 0. The predicted octanol–water partition coefficient (Wildman–Crippen LogP) is 7.98. The molecule has 7 heteroatoms. The Kier molecular flexibility index (Phi) is 5.42. The molecule has 7 aromatic rings. The van der Waals surface area contributed by atoms with E-state index < -0.39 is 0 Å². The number of benzene rings is 4. The second-order valence-electron chi connectivity index (χ2n) is 9.30. The fourth-order valence-corrected chi connectivity index (χ4v) is 6.87. The summed E-state index contributed by atoms with van der Waals surface area (Å²) in [7, 11) is 6.72. The Labute approximate surface area is 229 Å². The number of nitrogens with zero attached hydrogens (tertiary/aromatic N) is 2. The van der Waals surface area contributed by atoms with Gasteiger partial charge in [-0.15, -0.1) is 11.3 Å². The van der Waals surface area contributed by atoms with Crippen LogP contribution in [0.25, 0.3) is 53.6 Å². The van der Waals surface area contributed by atoms with Gasteiger partial charge in [-0.3, -0.25) is 0 Å². The zero-order valence-corrected chi connectivity index (χ0v) is 22.8. The second kappa shape index (κ2) is 8.99. The number of thiophene rings is 1. The van der Waals surface area contributed by atoms with Gasteiger partial charge < -0.3 is 28.1 Å². The molecule has 0 aliphatic carbocycles. The molecule has 6 nitrogen and oxygen atoms in total. The highest BCUT2D eigenvalue weighted by molar-refractivity contribution is 7.27. The molecule has 194 valence electrons. The maximum Gasteiger partial charge on any atom is 0.124 e. The Bertz CT molecular complexity index is 1840. The molecule has 0 spiro atoms. The minimum atomic E-state index is 0.736. The van der Waals surface area contributed by atoms with Crippen LogP contribution in [0.3, 0.4) is 0 Å². The molecule has 0 saturated heterocycles. The summed E-state index contributed by atoms with van der Waals surface area (Å²) in [6.45, 7) is 0. The molecule has 0 amide bonds. The van der Waals surface area contributed by atoms with Crippen LogP contribution in [-0.2, 0) is 0 Å². The summed E-state index contributed by atoms with van der Waals surface area (Å²) in [4.78, 5) is 0. The molecule has 0 aliphatic rings. The van der Waals surface area contributed by atoms with Crippen molar-refractivity contribution in [3.05, 3.63) is 84.9 Å². The van der Waals surface area contributed by atoms with E-state index in [9.17, 15) is 0 Å². The molecule has 7 rings (SSSR count). The molecule has 0 bridgehead atoms. The van der Waals surface area contributed by atoms with Crippen molar-refractivity contribution in [2.75, 3.05) is 28.4 Å². The Balaban J connectivity index is 1.70. The van der Waals surface area contributed by atoms with E-state index in [4.69, 9.17) is 18.9 Å². The van der Waals surface area contributed by atoms with E-state index in [0.29, 0.717) is 0 Å². The highest BCUT2D eigenvalue weighted by Crippen LogP contribution is 2.48. The highest BCUT2D eigenvalue weighted by atomic mass is 32.1. The summed E-state index contributed by atoms with van der Waals surface area (Å²) in [6, 6.07) is 29.1. The van der Waals surface area contributed by atoms with Crippen LogP contribution in [-0.4, -0.2) is 37.6 Å². The van der Waals surface area contributed by atoms with Crippen LogP contribution in [0.15, 0.2) is 84.9 Å². The van der Waals surface area contributed by atoms with Crippen LogP contribution in [0.1, 0.15) is 0 Å². The quantitative estimate of drug-likeness (QED) is 0.217. The Morgan fingerprint density at radius 2 is 0.846 bits per heavy atom. The summed E-state index contributed by atoms with van der Waals surface area (Å²) >= 11 is 1.82. The minimum Gasteiger partial charge on any atom is -0.497 e. The number of aromatic nitrogens is 2. The van der Waals surface area contributed by atoms with Gasteiger partial charge in [0.15, 0.2) is 0 Å². The largest absolute Gasteiger partial charge is 0.497 e. The lowest BCUT2D eigenvalue weighted by molar-refractivity contribution is 0.394. The third-order valence-corrected chi connectivity index (χ3v) is 8.51. The number of rotatable bonds is 6. The number of hydrogen-bond acceptors (Lipinski definition) is 5. The van der Waals surface area contributed by atoms with Gasteiger partial charge >= 0.3 is 0 Å². The van der Waals surface area contributed by atoms with Crippen molar-refractivity contribution >= 4 is 53.6 Å². The van der Waals surface area contributed by atoms with Gasteiger partial charge in [-0.05, 0) is 12.1 Å². The van der Waals surface area contributed by atoms with E-state index in [1.165, 1.54) is 20.2 Å². The van der Waals surface area contributed by atoms with Gasteiger partial charge in [0.25, 0.3) is 0 Å². The second-order valence-corrected chi connectivity index (χ2v) is 10.3. The molecular formula is C32H26N2O4S. The van der Waals surface area contributed by atoms with Crippen LogP contribution >= 0.6 is 11.3 Å². The van der Waals surface area contributed by atoms with Crippen molar-refractivity contribution in [3.63, 3.8) is 0 Å². The first kappa shape index (κ1) is 23.5. The number of methoxy groups -OCH3 is 4. The number of hydrogen-bond donors (Lipinski definition) is 0. The van der Waals surface area contributed by atoms with Crippen molar-refractivity contribution in [1.82, 2.24) is 9.13 Å². The number of fused-ring (bicyclic) bond motifs is 7. The van der Waals surface area contributed by atoms with Gasteiger partial charge in [0.05, 0.1) is 71.3 Å². The van der Waals surface area contributed by atoms with Crippen molar-refractivity contribution in [3.8, 4) is 34.4 Å². The smallest absolute Gasteiger partial charge is 0.124 e. The molecule has 3 heterocycles. The predicted molar refractivity (Wildman–Crippen MR) is 159 cm³/mol. The van der Waals surface area contributed by atoms with Crippen LogP contribution in [0.5, 0.6) is 23.0 Å². The van der Waals surface area contributed by atoms with Gasteiger partial charge in [-0.1, -0.05) is 36.4 Å². The molecule has 0 saturated carbocycles. The lowest BCUT2D eigenvalue weighted by Crippen LogP contribution is -2.00. The van der Waals surface area contributed by atoms with Crippen LogP contribution in [0.4, 0.5) is 0 Å². The zero-order chi connectivity index (χ0) is 26.7. The molecule has 0 radical (unpaired) electrons. The van der Waals surface area contributed by atoms with Crippen molar-refractivity contribution in [2.45, 2.75) is 0 Å². The average molecular weight is 535 g/mol. The molecule has 0 atom stereocenters. The van der Waals surface area contributed by atoms with Gasteiger partial charge in [0.1, 0.15) is 23.0 Å². The number of para-hydroxylation sites is 2. The number of ether oxygens (including phenoxy) is 4. The summed E-state index contributed by atoms with van der Waals surface area (Å²) in [5.74, 6) is 2.94. The first-order valence-electron chi connectivity index (χ1n) is 12.6. The maximum atomic E-state index is 5.66. The molecule has 4 aromatic carbocycles. The minimum absolute atomic E-state index is 0.736. The molecule has 0 unspecified atom stereocenters. The summed E-state index contributed by atoms with van der Waals surface area (Å²) in [5, 5.41) is 2.41. The summed E-state index contributed by atoms with van der Waals surface area (Å²) in [5.41, 5.74) is 6.44. The van der Waals surface area contributed by atoms with Crippen molar-refractivity contribution < 1.29 is 18.9 Å². The third-order valence-electron chi connectivity index (χ3n) is 7.27. The SMILES string of the molecule is COc1cc(OC)cc(-n2c3ccccc3c3sc4c5ccccc5n(-c5cc(OC)cc(OC)c5)c4c32)c1. The maximum absolute atomic E-state index is 5.66. The molecule has 0 fully saturated rings. The Hall–Kier alpha value is -4.62. The van der Waals surface area contributed by atoms with Crippen molar-refractivity contribution in [2.24, 2.45) is 0 Å². The first-order valence-corrected chi connectivity index (χ1v) is 13.4. The Morgan fingerprint density at radius 1 is 0.487 bits per heavy atom. The van der Waals surface area contributed by atoms with Crippen LogP contribution in [0.2, 0.25) is 0 Å². The normalized spacial score (nSPS) is 11.6. The average Bonchev–Trinajstić information content (AvgIpc) is 3.62. The van der Waals surface area contributed by atoms with E-state index in [-0.39, 0.29) is 0 Å². The molecule has 0 aliphatic heterocycles. The molecule has 3 aromatic heterocycles. The van der Waals surface area contributed by atoms with Gasteiger partial charge in [0, 0.05) is 47.2 Å². The van der Waals surface area contributed by atoms with Crippen LogP contribution < -0.4 is 18.9 Å². The molecule has 39 heavy (non-hydrogen) atoms. The first-order chi connectivity index (χ1) is 19.1. The topological polar surface area (TPSA) is 46.8 Å². The van der Waals surface area contributed by atoms with E-state index in [0.717, 1.165) is 56.4 Å². The summed E-state index contributed by atoms with van der Waals surface area (Å²) < 4.78 is 29.7. The van der Waals surface area contributed by atoms with E-state index >= 15 is 0 Å². The van der Waals surface area contributed by atoms with E-state index in [1.807, 2.05) is 23.5 Å². The standard InChI is InChI=1S/C32H26N2O4S/c1-35-21-13-19(14-22(17-21)36-2)33-27-11-7-5-9-25(27)31-29(33)30-32(39-31)26-10-6-8-12-28(26)34(30)20-15-23(37-3)18-24(16-20)38-4/h5-18H,1-4H3. The lowest BCUT2D eigenvalue weighted by Gasteiger charge is -2.14. The zero-order valence-electron chi connectivity index (χ0n) is 22.0. The monoisotopic (exact) mass is 534 g/mol. The van der Waals surface area contributed by atoms with Crippen molar-refractivity contribution in [1.29, 1.82) is 0 Å². The molecule has 0 N–H and O–H groups in total. The van der Waals surface area contributed by atoms with Gasteiger partial charge in [0.2, 0.25) is 0 Å². The van der Waals surface area contributed by atoms with Gasteiger partial charge in [-0.2, -0.15) is 0 Å². The van der Waals surface area contributed by atoms with Gasteiger partial charge in [-0.25, -0.2) is 0 Å². The van der Waals surface area contributed by atoms with E-state index in [1.54, 1.807) is 28.4 Å². The molecular weight excluding hydrogens is 508 g/mol. The van der Waals surface area contributed by atoms with E-state index in [2.05, 4.69) is 81.9 Å². The van der Waals surface area contributed by atoms with Crippen LogP contribution in [0, 0.1) is 0 Å². The Morgan fingerprint density at radius 3 is 1.21 bits per heavy atom. The lowest BCUT2D eigenvalue weighted by atomic mass is 10.2. The fourth-order valence-electron chi connectivity index (χ4n) is 5.54. The highest BCUT2D eigenvalue weighted by Gasteiger charge is 2.24. The third kappa shape index (κ3) is 3.47. The fraction of sp³-hybridized carbons (Fsp3) is 0.125.